The number of carbonyl (C=O) groups excluding carboxylic acids is 2. The number of esters is 1. The van der Waals surface area contributed by atoms with Crippen LogP contribution in [0.5, 0.6) is 0 Å². The highest BCUT2D eigenvalue weighted by Gasteiger charge is 2.16. The molecule has 0 saturated heterocycles. The molecule has 0 aliphatic carbocycles. The van der Waals surface area contributed by atoms with E-state index in [-0.39, 0.29) is 11.4 Å². The molecule has 1 heterocycles. The molecular formula is C19H14ClN3O5S. The van der Waals surface area contributed by atoms with Crippen molar-refractivity contribution in [2.24, 2.45) is 0 Å². The van der Waals surface area contributed by atoms with Crippen molar-refractivity contribution in [3.05, 3.63) is 74.2 Å². The molecule has 10 heteroatoms. The van der Waals surface area contributed by atoms with Crippen molar-refractivity contribution in [2.45, 2.75) is 6.92 Å². The molecule has 0 bridgehead atoms. The van der Waals surface area contributed by atoms with Crippen molar-refractivity contribution >= 4 is 46.2 Å². The number of anilines is 1. The van der Waals surface area contributed by atoms with Crippen molar-refractivity contribution in [1.29, 1.82) is 0 Å². The van der Waals surface area contributed by atoms with E-state index >= 15 is 0 Å². The van der Waals surface area contributed by atoms with Crippen LogP contribution in [0.1, 0.15) is 16.1 Å². The first-order valence-corrected chi connectivity index (χ1v) is 9.53. The molecule has 29 heavy (non-hydrogen) atoms. The fraction of sp³-hybridized carbons (Fsp3) is 0.105. The molecule has 0 saturated carbocycles. The molecular weight excluding hydrogens is 418 g/mol. The van der Waals surface area contributed by atoms with E-state index in [4.69, 9.17) is 16.3 Å². The van der Waals surface area contributed by atoms with Crippen molar-refractivity contribution in [1.82, 2.24) is 4.98 Å². The Kier molecular flexibility index (Phi) is 6.20. The Morgan fingerprint density at radius 2 is 2.07 bits per heavy atom. The van der Waals surface area contributed by atoms with Gasteiger partial charge in [0.25, 0.3) is 11.6 Å². The summed E-state index contributed by atoms with van der Waals surface area (Å²) in [6, 6.07) is 11.1. The summed E-state index contributed by atoms with van der Waals surface area (Å²) in [5, 5.41) is 16.0. The Morgan fingerprint density at radius 1 is 1.28 bits per heavy atom. The van der Waals surface area contributed by atoms with Gasteiger partial charge in [0, 0.05) is 33.8 Å². The molecule has 1 aromatic heterocycles. The highest BCUT2D eigenvalue weighted by atomic mass is 35.5. The molecule has 8 nitrogen and oxygen atoms in total. The van der Waals surface area contributed by atoms with Gasteiger partial charge in [-0.1, -0.05) is 23.7 Å². The first-order valence-electron chi connectivity index (χ1n) is 8.27. The van der Waals surface area contributed by atoms with Crippen LogP contribution in [0.2, 0.25) is 5.02 Å². The van der Waals surface area contributed by atoms with Crippen molar-refractivity contribution in [3.8, 4) is 10.6 Å². The summed E-state index contributed by atoms with van der Waals surface area (Å²) >= 11 is 7.21. The van der Waals surface area contributed by atoms with Gasteiger partial charge < -0.3 is 10.1 Å². The Hall–Kier alpha value is -3.30. The number of aromatic nitrogens is 1. The molecule has 0 atom stereocenters. The van der Waals surface area contributed by atoms with E-state index in [2.05, 4.69) is 10.3 Å². The van der Waals surface area contributed by atoms with Gasteiger partial charge in [0.2, 0.25) is 0 Å². The largest absolute Gasteiger partial charge is 0.451 e. The molecule has 3 aromatic rings. The zero-order chi connectivity index (χ0) is 21.0. The van der Waals surface area contributed by atoms with Crippen LogP contribution < -0.4 is 5.32 Å². The first-order chi connectivity index (χ1) is 13.8. The molecule has 3 rings (SSSR count). The maximum Gasteiger partial charge on any atom is 0.358 e. The van der Waals surface area contributed by atoms with Crippen LogP contribution >= 0.6 is 22.9 Å². The van der Waals surface area contributed by atoms with Gasteiger partial charge in [0.1, 0.15) is 5.01 Å². The first kappa shape index (κ1) is 20.4. The predicted molar refractivity (Wildman–Crippen MR) is 109 cm³/mol. The predicted octanol–water partition coefficient (Wildman–Crippen LogP) is 4.48. The number of rotatable bonds is 6. The van der Waals surface area contributed by atoms with E-state index in [1.165, 1.54) is 34.9 Å². The molecule has 0 radical (unpaired) electrons. The summed E-state index contributed by atoms with van der Waals surface area (Å²) < 4.78 is 5.00. The number of nitro groups is 1. The van der Waals surface area contributed by atoms with Crippen LogP contribution in [0.25, 0.3) is 10.6 Å². The number of nitrogens with zero attached hydrogens (tertiary/aromatic N) is 2. The Balaban J connectivity index is 1.58. The average Bonchev–Trinajstić information content (AvgIpc) is 3.18. The normalized spacial score (nSPS) is 10.4. The zero-order valence-corrected chi connectivity index (χ0v) is 16.6. The van der Waals surface area contributed by atoms with Gasteiger partial charge in [0.05, 0.1) is 4.92 Å². The summed E-state index contributed by atoms with van der Waals surface area (Å²) in [6.45, 7) is 1.11. The van der Waals surface area contributed by atoms with Crippen LogP contribution in [0.3, 0.4) is 0 Å². The second-order valence-corrected chi connectivity index (χ2v) is 7.22. The molecule has 2 aromatic carbocycles. The number of nitro benzene ring substituents is 1. The molecule has 148 valence electrons. The smallest absolute Gasteiger partial charge is 0.358 e. The Labute approximate surface area is 174 Å². The lowest BCUT2D eigenvalue weighted by molar-refractivity contribution is -0.384. The number of ether oxygens (including phenoxy) is 1. The number of aryl methyl sites for hydroxylation is 1. The molecule has 0 spiro atoms. The van der Waals surface area contributed by atoms with Gasteiger partial charge in [0.15, 0.2) is 12.3 Å². The summed E-state index contributed by atoms with van der Waals surface area (Å²) in [5.74, 6) is -1.30. The lowest BCUT2D eigenvalue weighted by atomic mass is 10.2. The fourth-order valence-corrected chi connectivity index (χ4v) is 3.39. The average molecular weight is 432 g/mol. The Bertz CT molecular complexity index is 1100. The third kappa shape index (κ3) is 5.15. The standard InChI is InChI=1S/C19H14ClN3O5S/c1-11-7-14(23(26)27)5-6-15(11)21-17(24)9-28-19(25)16-10-29-18(22-16)12-3-2-4-13(20)8-12/h2-8,10H,9H2,1H3,(H,21,24). The second-order valence-electron chi connectivity index (χ2n) is 5.93. The van der Waals surface area contributed by atoms with E-state index in [0.717, 1.165) is 5.56 Å². The number of amides is 1. The number of halogens is 1. The highest BCUT2D eigenvalue weighted by molar-refractivity contribution is 7.13. The number of thiazole rings is 1. The van der Waals surface area contributed by atoms with E-state index in [1.807, 2.05) is 6.07 Å². The minimum Gasteiger partial charge on any atom is -0.451 e. The van der Waals surface area contributed by atoms with Crippen LogP contribution in [-0.4, -0.2) is 28.4 Å². The molecule has 0 aliphatic rings. The van der Waals surface area contributed by atoms with Crippen LogP contribution in [0.15, 0.2) is 47.8 Å². The van der Waals surface area contributed by atoms with Crippen LogP contribution in [-0.2, 0) is 9.53 Å². The van der Waals surface area contributed by atoms with Gasteiger partial charge in [-0.15, -0.1) is 11.3 Å². The zero-order valence-electron chi connectivity index (χ0n) is 15.0. The van der Waals surface area contributed by atoms with Gasteiger partial charge in [-0.2, -0.15) is 0 Å². The number of carbonyl (C=O) groups is 2. The SMILES string of the molecule is Cc1cc([N+](=O)[O-])ccc1NC(=O)COC(=O)c1csc(-c2cccc(Cl)c2)n1. The minimum absolute atomic E-state index is 0.0778. The van der Waals surface area contributed by atoms with E-state index in [9.17, 15) is 19.7 Å². The van der Waals surface area contributed by atoms with E-state index < -0.39 is 23.4 Å². The number of nitrogens with one attached hydrogen (secondary N) is 1. The van der Waals surface area contributed by atoms with Crippen molar-refractivity contribution in [2.75, 3.05) is 11.9 Å². The number of hydrogen-bond acceptors (Lipinski definition) is 7. The number of hydrogen-bond donors (Lipinski definition) is 1. The van der Waals surface area contributed by atoms with Gasteiger partial charge in [-0.25, -0.2) is 9.78 Å². The highest BCUT2D eigenvalue weighted by Crippen LogP contribution is 2.26. The van der Waals surface area contributed by atoms with Gasteiger partial charge in [-0.3, -0.25) is 14.9 Å². The molecule has 1 N–H and O–H groups in total. The third-order valence-corrected chi connectivity index (χ3v) is 4.94. The third-order valence-electron chi connectivity index (χ3n) is 3.81. The van der Waals surface area contributed by atoms with Crippen LogP contribution in [0, 0.1) is 17.0 Å². The minimum atomic E-state index is -0.731. The lowest BCUT2D eigenvalue weighted by Gasteiger charge is -2.08. The quantitative estimate of drug-likeness (QED) is 0.350. The maximum atomic E-state index is 12.1. The second kappa shape index (κ2) is 8.80. The van der Waals surface area contributed by atoms with Crippen molar-refractivity contribution in [3.63, 3.8) is 0 Å². The Morgan fingerprint density at radius 3 is 2.76 bits per heavy atom. The summed E-state index contributed by atoms with van der Waals surface area (Å²) in [7, 11) is 0. The van der Waals surface area contributed by atoms with E-state index in [0.29, 0.717) is 21.3 Å². The maximum absolute atomic E-state index is 12.1. The molecule has 0 unspecified atom stereocenters. The summed E-state index contributed by atoms with van der Waals surface area (Å²) in [5.41, 5.74) is 1.70. The summed E-state index contributed by atoms with van der Waals surface area (Å²) in [6.07, 6.45) is 0. The summed E-state index contributed by atoms with van der Waals surface area (Å²) in [4.78, 5) is 38.6. The molecule has 0 fully saturated rings. The van der Waals surface area contributed by atoms with Gasteiger partial charge in [-0.05, 0) is 30.7 Å². The lowest BCUT2D eigenvalue weighted by Crippen LogP contribution is -2.21. The molecule has 0 aliphatic heterocycles. The molecule has 1 amide bonds. The monoisotopic (exact) mass is 431 g/mol. The van der Waals surface area contributed by atoms with Gasteiger partial charge >= 0.3 is 5.97 Å². The van der Waals surface area contributed by atoms with Crippen LogP contribution in [0.4, 0.5) is 11.4 Å². The van der Waals surface area contributed by atoms with E-state index in [1.54, 1.807) is 25.1 Å². The fourth-order valence-electron chi connectivity index (χ4n) is 2.41. The number of non-ortho nitro benzene ring substituents is 1. The number of benzene rings is 2. The van der Waals surface area contributed by atoms with Crippen molar-refractivity contribution < 1.29 is 19.2 Å². The topological polar surface area (TPSA) is 111 Å².